The van der Waals surface area contributed by atoms with Gasteiger partial charge in [0.25, 0.3) is 0 Å². The Hall–Kier alpha value is -2.88. The van der Waals surface area contributed by atoms with E-state index in [-0.39, 0.29) is 36.9 Å². The van der Waals surface area contributed by atoms with Gasteiger partial charge in [-0.1, -0.05) is 75.7 Å². The summed E-state index contributed by atoms with van der Waals surface area (Å²) < 4.78 is 13.2. The highest BCUT2D eigenvalue weighted by molar-refractivity contribution is 7.98. The number of carbonyl (C=O) groups excluding carboxylic acids is 2. The second-order valence-corrected chi connectivity index (χ2v) is 10.2. The SMILES string of the molecule is C=CNN(C)CC(=O)N1CC(=O)N(CCSCc2ccccc2)CC1NCc1ccc(F)cc1.CCCC. The molecule has 2 amide bonds. The van der Waals surface area contributed by atoms with Crippen LogP contribution in [-0.2, 0) is 21.9 Å². The first-order valence-electron chi connectivity index (χ1n) is 13.1. The van der Waals surface area contributed by atoms with Gasteiger partial charge in [-0.25, -0.2) is 9.40 Å². The summed E-state index contributed by atoms with van der Waals surface area (Å²) in [6.07, 6.45) is 3.79. The normalized spacial score (nSPS) is 15.2. The van der Waals surface area contributed by atoms with E-state index in [0.717, 1.165) is 17.1 Å². The van der Waals surface area contributed by atoms with Crippen LogP contribution in [0.2, 0.25) is 0 Å². The lowest BCUT2D eigenvalue weighted by molar-refractivity contribution is -0.150. The zero-order valence-electron chi connectivity index (χ0n) is 22.9. The third kappa shape index (κ3) is 11.2. The van der Waals surface area contributed by atoms with Crippen molar-refractivity contribution in [1.29, 1.82) is 0 Å². The van der Waals surface area contributed by atoms with Gasteiger partial charge in [-0.05, 0) is 23.3 Å². The van der Waals surface area contributed by atoms with Gasteiger partial charge in [0.2, 0.25) is 11.8 Å². The molecule has 2 aromatic carbocycles. The number of hydrazine groups is 1. The number of halogens is 1. The van der Waals surface area contributed by atoms with Crippen LogP contribution in [-0.4, -0.2) is 71.8 Å². The lowest BCUT2D eigenvalue weighted by atomic mass is 10.2. The number of likely N-dealkylation sites (N-methyl/N-ethyl adjacent to an activating group) is 1. The van der Waals surface area contributed by atoms with Crippen LogP contribution in [0.4, 0.5) is 4.39 Å². The third-order valence-corrected chi connectivity index (χ3v) is 7.01. The van der Waals surface area contributed by atoms with Gasteiger partial charge in [0.15, 0.2) is 0 Å². The van der Waals surface area contributed by atoms with Gasteiger partial charge in [0, 0.05) is 37.8 Å². The van der Waals surface area contributed by atoms with E-state index >= 15 is 0 Å². The van der Waals surface area contributed by atoms with E-state index in [1.54, 1.807) is 40.9 Å². The summed E-state index contributed by atoms with van der Waals surface area (Å²) >= 11 is 1.78. The number of hydrogen-bond acceptors (Lipinski definition) is 6. The molecule has 1 aliphatic rings. The molecule has 1 atom stereocenters. The van der Waals surface area contributed by atoms with Gasteiger partial charge < -0.3 is 15.2 Å². The van der Waals surface area contributed by atoms with Crippen molar-refractivity contribution in [3.8, 4) is 0 Å². The molecule has 0 radical (unpaired) electrons. The molecule has 208 valence electrons. The molecule has 1 fully saturated rings. The molecule has 0 bridgehead atoms. The molecule has 38 heavy (non-hydrogen) atoms. The molecule has 2 N–H and O–H groups in total. The molecule has 0 aromatic heterocycles. The molecule has 3 rings (SSSR count). The summed E-state index contributed by atoms with van der Waals surface area (Å²) in [5, 5.41) is 5.00. The van der Waals surface area contributed by atoms with E-state index in [0.29, 0.717) is 19.6 Å². The maximum Gasteiger partial charge on any atom is 0.242 e. The average molecular weight is 544 g/mol. The van der Waals surface area contributed by atoms with Gasteiger partial charge >= 0.3 is 0 Å². The predicted octanol–water partition coefficient (Wildman–Crippen LogP) is 4.23. The number of rotatable bonds is 13. The summed E-state index contributed by atoms with van der Waals surface area (Å²) in [6, 6.07) is 16.5. The monoisotopic (exact) mass is 543 g/mol. The molecule has 2 aromatic rings. The van der Waals surface area contributed by atoms with Crippen molar-refractivity contribution in [1.82, 2.24) is 25.6 Å². The van der Waals surface area contributed by atoms with Crippen molar-refractivity contribution in [3.05, 3.63) is 84.3 Å². The van der Waals surface area contributed by atoms with Crippen LogP contribution in [0, 0.1) is 5.82 Å². The van der Waals surface area contributed by atoms with Gasteiger partial charge in [-0.3, -0.25) is 14.9 Å². The maximum atomic E-state index is 13.2. The molecule has 1 saturated heterocycles. The van der Waals surface area contributed by atoms with E-state index in [2.05, 4.69) is 43.3 Å². The minimum absolute atomic E-state index is 0.0190. The van der Waals surface area contributed by atoms with Crippen molar-refractivity contribution in [2.45, 2.75) is 45.2 Å². The number of thioether (sulfide) groups is 1. The highest BCUT2D eigenvalue weighted by Crippen LogP contribution is 2.15. The summed E-state index contributed by atoms with van der Waals surface area (Å²) in [5.41, 5.74) is 5.02. The molecule has 7 nitrogen and oxygen atoms in total. The van der Waals surface area contributed by atoms with Crippen LogP contribution in [0.3, 0.4) is 0 Å². The summed E-state index contributed by atoms with van der Waals surface area (Å²) in [6.45, 7) is 9.55. The van der Waals surface area contributed by atoms with E-state index in [4.69, 9.17) is 0 Å². The zero-order chi connectivity index (χ0) is 27.8. The second-order valence-electron chi connectivity index (χ2n) is 9.11. The van der Waals surface area contributed by atoms with Crippen LogP contribution in [0.15, 0.2) is 67.4 Å². The standard InChI is InChI=1S/C25H32FN5O2S.C4H10/c1-3-28-29(2)17-25(33)31-18-24(32)30(13-14-34-19-21-7-5-4-6-8-21)16-23(31)27-15-20-9-11-22(26)12-10-20;1-3-4-2/h3-12,23,27-28H,1,13-19H2,2H3;3-4H2,1-2H3. The van der Waals surface area contributed by atoms with Crippen molar-refractivity contribution < 1.29 is 14.0 Å². The quantitative estimate of drug-likeness (QED) is 0.291. The van der Waals surface area contributed by atoms with Crippen LogP contribution in [0.5, 0.6) is 0 Å². The van der Waals surface area contributed by atoms with Crippen LogP contribution in [0.1, 0.15) is 37.8 Å². The highest BCUT2D eigenvalue weighted by Gasteiger charge is 2.34. The number of hydrogen-bond donors (Lipinski definition) is 2. The Kier molecular flexibility index (Phi) is 14.5. The number of carbonyl (C=O) groups is 2. The van der Waals surface area contributed by atoms with Crippen molar-refractivity contribution in [2.24, 2.45) is 0 Å². The minimum atomic E-state index is -0.341. The largest absolute Gasteiger partial charge is 0.337 e. The van der Waals surface area contributed by atoms with E-state index in [9.17, 15) is 14.0 Å². The fraction of sp³-hybridized carbons (Fsp3) is 0.448. The number of nitrogens with one attached hydrogen (secondary N) is 2. The Bertz CT molecular complexity index is 975. The molecule has 9 heteroatoms. The molecule has 0 saturated carbocycles. The summed E-state index contributed by atoms with van der Waals surface area (Å²) in [7, 11) is 1.74. The first kappa shape index (κ1) is 31.3. The Morgan fingerprint density at radius 3 is 2.45 bits per heavy atom. The number of piperazine rings is 1. The van der Waals surface area contributed by atoms with Gasteiger partial charge in [-0.15, -0.1) is 0 Å². The van der Waals surface area contributed by atoms with Gasteiger partial charge in [0.1, 0.15) is 18.5 Å². The Morgan fingerprint density at radius 2 is 1.82 bits per heavy atom. The number of amides is 2. The number of unbranched alkanes of at least 4 members (excludes halogenated alkanes) is 1. The second kappa shape index (κ2) is 17.6. The molecule has 1 unspecified atom stereocenters. The van der Waals surface area contributed by atoms with Crippen molar-refractivity contribution in [2.75, 3.05) is 39.0 Å². The topological polar surface area (TPSA) is 67.9 Å². The number of nitrogens with zero attached hydrogens (tertiary/aromatic N) is 3. The van der Waals surface area contributed by atoms with E-state index < -0.39 is 0 Å². The lowest BCUT2D eigenvalue weighted by Gasteiger charge is -2.42. The Balaban J connectivity index is 0.00000118. The Labute approximate surface area is 231 Å². The lowest BCUT2D eigenvalue weighted by Crippen LogP contribution is -2.64. The van der Waals surface area contributed by atoms with Crippen LogP contribution in [0.25, 0.3) is 0 Å². The minimum Gasteiger partial charge on any atom is -0.337 e. The van der Waals surface area contributed by atoms with Crippen LogP contribution >= 0.6 is 11.8 Å². The van der Waals surface area contributed by atoms with Gasteiger partial charge in [0.05, 0.1) is 13.1 Å². The molecular weight excluding hydrogens is 501 g/mol. The zero-order valence-corrected chi connectivity index (χ0v) is 23.7. The first-order chi connectivity index (χ1) is 18.4. The molecule has 0 spiro atoms. The van der Waals surface area contributed by atoms with E-state index in [1.165, 1.54) is 36.7 Å². The molecule has 1 aliphatic heterocycles. The smallest absolute Gasteiger partial charge is 0.242 e. The Morgan fingerprint density at radius 1 is 1.13 bits per heavy atom. The predicted molar refractivity (Wildman–Crippen MR) is 154 cm³/mol. The summed E-state index contributed by atoms with van der Waals surface area (Å²) in [4.78, 5) is 29.2. The van der Waals surface area contributed by atoms with E-state index in [1.807, 2.05) is 23.1 Å². The van der Waals surface area contributed by atoms with Gasteiger partial charge in [-0.2, -0.15) is 11.8 Å². The third-order valence-electron chi connectivity index (χ3n) is 6.00. The fourth-order valence-electron chi connectivity index (χ4n) is 3.69. The first-order valence-corrected chi connectivity index (χ1v) is 14.3. The van der Waals surface area contributed by atoms with Crippen LogP contribution < -0.4 is 10.7 Å². The molecule has 0 aliphatic carbocycles. The summed E-state index contributed by atoms with van der Waals surface area (Å²) in [5.74, 6) is 1.18. The maximum absolute atomic E-state index is 13.2. The van der Waals surface area contributed by atoms with Crippen molar-refractivity contribution in [3.63, 3.8) is 0 Å². The molecule has 1 heterocycles. The fourth-order valence-corrected chi connectivity index (χ4v) is 4.61. The molecular formula is C29H42FN5O2S. The number of benzene rings is 2. The highest BCUT2D eigenvalue weighted by atomic mass is 32.2. The average Bonchev–Trinajstić information content (AvgIpc) is 2.92. The van der Waals surface area contributed by atoms with Crippen molar-refractivity contribution >= 4 is 23.6 Å².